The molecule has 110 valence electrons. The Labute approximate surface area is 132 Å². The zero-order valence-electron chi connectivity index (χ0n) is 11.1. The molecule has 2 N–H and O–H groups in total. The summed E-state index contributed by atoms with van der Waals surface area (Å²) in [6.45, 7) is 2.34. The molecule has 0 amide bonds. The van der Waals surface area contributed by atoms with E-state index in [2.05, 4.69) is 20.6 Å². The van der Waals surface area contributed by atoms with Crippen LogP contribution in [0.5, 0.6) is 0 Å². The van der Waals surface area contributed by atoms with Gasteiger partial charge in [0.15, 0.2) is 0 Å². The molecule has 5 nitrogen and oxygen atoms in total. The fourth-order valence-corrected chi connectivity index (χ4v) is 2.54. The van der Waals surface area contributed by atoms with Crippen molar-refractivity contribution < 1.29 is 4.74 Å². The molecule has 1 aliphatic heterocycles. The van der Waals surface area contributed by atoms with Gasteiger partial charge in [-0.25, -0.2) is 9.97 Å². The van der Waals surface area contributed by atoms with Gasteiger partial charge in [0.05, 0.1) is 30.1 Å². The molecule has 0 spiro atoms. The van der Waals surface area contributed by atoms with E-state index in [0.717, 1.165) is 24.3 Å². The highest BCUT2D eigenvalue weighted by Crippen LogP contribution is 2.29. The van der Waals surface area contributed by atoms with Gasteiger partial charge in [0, 0.05) is 29.4 Å². The minimum Gasteiger partial charge on any atom is -0.371 e. The van der Waals surface area contributed by atoms with Crippen molar-refractivity contribution in [3.8, 4) is 0 Å². The van der Waals surface area contributed by atoms with E-state index in [4.69, 9.17) is 27.9 Å². The number of benzene rings is 1. The average molecular weight is 325 g/mol. The minimum absolute atomic E-state index is 0.00733. The molecule has 21 heavy (non-hydrogen) atoms. The first-order valence-corrected chi connectivity index (χ1v) is 7.34. The van der Waals surface area contributed by atoms with Gasteiger partial charge in [-0.05, 0) is 12.1 Å². The molecule has 0 unspecified atom stereocenters. The molecule has 0 bridgehead atoms. The molecule has 1 atom stereocenters. The summed E-state index contributed by atoms with van der Waals surface area (Å²) in [4.78, 5) is 8.17. The maximum atomic E-state index is 6.34. The van der Waals surface area contributed by atoms with Gasteiger partial charge in [0.1, 0.15) is 0 Å². The molecule has 3 rings (SSSR count). The fraction of sp³-hybridized carbons (Fsp3) is 0.286. The first-order valence-electron chi connectivity index (χ1n) is 6.59. The van der Waals surface area contributed by atoms with Crippen LogP contribution in [0.4, 0.5) is 11.6 Å². The third-order valence-electron chi connectivity index (χ3n) is 3.15. The standard InChI is InChI=1S/C14H14Cl2N4O/c15-9-6-18-14(19-7-9)20-10-1-2-11(12(16)5-10)13-8-17-3-4-21-13/h1-2,5-7,13,17H,3-4,8H2,(H,18,19,20)/t13-/m0/s1. The number of hydrogen-bond acceptors (Lipinski definition) is 5. The van der Waals surface area contributed by atoms with Crippen LogP contribution in [0.3, 0.4) is 0 Å². The van der Waals surface area contributed by atoms with Gasteiger partial charge >= 0.3 is 0 Å². The molecular formula is C14H14Cl2N4O. The largest absolute Gasteiger partial charge is 0.371 e. The molecule has 2 aromatic rings. The number of morpholine rings is 1. The summed E-state index contributed by atoms with van der Waals surface area (Å²) in [5.41, 5.74) is 1.79. The van der Waals surface area contributed by atoms with Crippen LogP contribution in [-0.2, 0) is 4.74 Å². The summed E-state index contributed by atoms with van der Waals surface area (Å²) in [6, 6.07) is 5.72. The second kappa shape index (κ2) is 6.58. The van der Waals surface area contributed by atoms with Gasteiger partial charge in [-0.1, -0.05) is 29.3 Å². The van der Waals surface area contributed by atoms with E-state index in [-0.39, 0.29) is 6.10 Å². The predicted molar refractivity (Wildman–Crippen MR) is 83.3 cm³/mol. The predicted octanol–water partition coefficient (Wildman–Crippen LogP) is 3.19. The lowest BCUT2D eigenvalue weighted by Gasteiger charge is -2.25. The summed E-state index contributed by atoms with van der Waals surface area (Å²) in [7, 11) is 0. The third kappa shape index (κ3) is 3.63. The lowest BCUT2D eigenvalue weighted by atomic mass is 10.1. The molecule has 1 fully saturated rings. The molecule has 2 heterocycles. The quantitative estimate of drug-likeness (QED) is 0.908. The van der Waals surface area contributed by atoms with E-state index >= 15 is 0 Å². The van der Waals surface area contributed by atoms with Gasteiger partial charge in [-0.3, -0.25) is 0 Å². The van der Waals surface area contributed by atoms with E-state index in [9.17, 15) is 0 Å². The van der Waals surface area contributed by atoms with Gasteiger partial charge in [-0.15, -0.1) is 0 Å². The molecule has 1 aromatic heterocycles. The van der Waals surface area contributed by atoms with Crippen molar-refractivity contribution in [1.82, 2.24) is 15.3 Å². The molecule has 7 heteroatoms. The Balaban J connectivity index is 1.75. The maximum absolute atomic E-state index is 6.34. The number of nitrogens with zero attached hydrogens (tertiary/aromatic N) is 2. The smallest absolute Gasteiger partial charge is 0.227 e. The van der Waals surface area contributed by atoms with Crippen LogP contribution in [0.2, 0.25) is 10.0 Å². The molecule has 1 aliphatic rings. The Hall–Kier alpha value is -1.40. The topological polar surface area (TPSA) is 59.1 Å². The zero-order valence-corrected chi connectivity index (χ0v) is 12.7. The average Bonchev–Trinajstić information content (AvgIpc) is 2.51. The Kier molecular flexibility index (Phi) is 4.55. The number of hydrogen-bond donors (Lipinski definition) is 2. The second-order valence-electron chi connectivity index (χ2n) is 4.65. The third-order valence-corrected chi connectivity index (χ3v) is 3.67. The molecule has 1 saturated heterocycles. The van der Waals surface area contributed by atoms with Crippen molar-refractivity contribution >= 4 is 34.8 Å². The SMILES string of the molecule is Clc1cnc(Nc2ccc([C@@H]3CNCCO3)c(Cl)c2)nc1. The lowest BCUT2D eigenvalue weighted by Crippen LogP contribution is -2.33. The summed E-state index contributed by atoms with van der Waals surface area (Å²) < 4.78 is 5.71. The van der Waals surface area contributed by atoms with Crippen molar-refractivity contribution in [2.45, 2.75) is 6.10 Å². The van der Waals surface area contributed by atoms with Crippen molar-refractivity contribution in [2.75, 3.05) is 25.0 Å². The highest BCUT2D eigenvalue weighted by Gasteiger charge is 2.18. The number of anilines is 2. The Morgan fingerprint density at radius 2 is 2.05 bits per heavy atom. The Bertz CT molecular complexity index is 615. The molecule has 1 aromatic carbocycles. The van der Waals surface area contributed by atoms with Crippen LogP contribution in [0.15, 0.2) is 30.6 Å². The van der Waals surface area contributed by atoms with Crippen molar-refractivity contribution in [2.24, 2.45) is 0 Å². The lowest BCUT2D eigenvalue weighted by molar-refractivity contribution is 0.0278. The number of nitrogens with one attached hydrogen (secondary N) is 2. The van der Waals surface area contributed by atoms with Gasteiger partial charge in [-0.2, -0.15) is 0 Å². The Morgan fingerprint density at radius 3 is 2.71 bits per heavy atom. The fourth-order valence-electron chi connectivity index (χ4n) is 2.14. The van der Waals surface area contributed by atoms with E-state index in [1.54, 1.807) is 0 Å². The molecule has 0 aliphatic carbocycles. The molecule has 0 radical (unpaired) electrons. The monoisotopic (exact) mass is 324 g/mol. The number of aromatic nitrogens is 2. The van der Waals surface area contributed by atoms with E-state index in [1.807, 2.05) is 18.2 Å². The first kappa shape index (κ1) is 14.5. The van der Waals surface area contributed by atoms with Gasteiger partial charge in [0.25, 0.3) is 0 Å². The minimum atomic E-state index is -0.00733. The second-order valence-corrected chi connectivity index (χ2v) is 5.49. The van der Waals surface area contributed by atoms with E-state index < -0.39 is 0 Å². The van der Waals surface area contributed by atoms with Crippen molar-refractivity contribution in [3.05, 3.63) is 46.2 Å². The number of halogens is 2. The number of rotatable bonds is 3. The van der Waals surface area contributed by atoms with Crippen LogP contribution in [0.1, 0.15) is 11.7 Å². The summed E-state index contributed by atoms with van der Waals surface area (Å²) in [5, 5.41) is 7.52. The number of ether oxygens (including phenoxy) is 1. The molecule has 0 saturated carbocycles. The summed E-state index contributed by atoms with van der Waals surface area (Å²) in [6.07, 6.45) is 3.06. The summed E-state index contributed by atoms with van der Waals surface area (Å²) in [5.74, 6) is 0.471. The first-order chi connectivity index (χ1) is 10.2. The van der Waals surface area contributed by atoms with Crippen LogP contribution < -0.4 is 10.6 Å². The van der Waals surface area contributed by atoms with Crippen LogP contribution in [0.25, 0.3) is 0 Å². The van der Waals surface area contributed by atoms with Gasteiger partial charge < -0.3 is 15.4 Å². The van der Waals surface area contributed by atoms with E-state index in [1.165, 1.54) is 12.4 Å². The normalized spacial score (nSPS) is 18.5. The van der Waals surface area contributed by atoms with E-state index in [0.29, 0.717) is 22.6 Å². The van der Waals surface area contributed by atoms with Crippen LogP contribution in [0, 0.1) is 0 Å². The van der Waals surface area contributed by atoms with Crippen molar-refractivity contribution in [1.29, 1.82) is 0 Å². The van der Waals surface area contributed by atoms with Crippen molar-refractivity contribution in [3.63, 3.8) is 0 Å². The molecular weight excluding hydrogens is 311 g/mol. The Morgan fingerprint density at radius 1 is 1.24 bits per heavy atom. The van der Waals surface area contributed by atoms with Crippen LogP contribution in [-0.4, -0.2) is 29.7 Å². The highest BCUT2D eigenvalue weighted by molar-refractivity contribution is 6.31. The van der Waals surface area contributed by atoms with Gasteiger partial charge in [0.2, 0.25) is 5.95 Å². The zero-order chi connectivity index (χ0) is 14.7. The summed E-state index contributed by atoms with van der Waals surface area (Å²) >= 11 is 12.1. The maximum Gasteiger partial charge on any atom is 0.227 e. The van der Waals surface area contributed by atoms with Crippen LogP contribution >= 0.6 is 23.2 Å². The highest BCUT2D eigenvalue weighted by atomic mass is 35.5.